The van der Waals surface area contributed by atoms with Gasteiger partial charge in [-0.05, 0) is 18.9 Å². The molecule has 0 aromatic rings. The smallest absolute Gasteiger partial charge is 0.106 e. The zero-order valence-corrected chi connectivity index (χ0v) is 8.76. The van der Waals surface area contributed by atoms with Gasteiger partial charge in [0, 0.05) is 5.03 Å². The van der Waals surface area contributed by atoms with Gasteiger partial charge in [0.15, 0.2) is 0 Å². The van der Waals surface area contributed by atoms with Crippen molar-refractivity contribution in [3.8, 4) is 0 Å². The summed E-state index contributed by atoms with van der Waals surface area (Å²) in [5, 5.41) is 18.8. The van der Waals surface area contributed by atoms with E-state index in [9.17, 15) is 5.11 Å². The van der Waals surface area contributed by atoms with Crippen LogP contribution in [0.4, 0.5) is 0 Å². The minimum absolute atomic E-state index is 0.282. The van der Waals surface area contributed by atoms with Crippen molar-refractivity contribution in [2.24, 2.45) is 0 Å². The molecule has 1 aliphatic carbocycles. The van der Waals surface area contributed by atoms with Crippen LogP contribution in [0.2, 0.25) is 0 Å². The zero-order valence-electron chi connectivity index (χ0n) is 7.24. The van der Waals surface area contributed by atoms with Crippen molar-refractivity contribution in [1.29, 1.82) is 0 Å². The Balaban J connectivity index is 2.89. The Morgan fingerprint density at radius 3 is 2.69 bits per heavy atom. The molecule has 0 radical (unpaired) electrons. The molecule has 0 aromatic heterocycles. The Bertz CT molecular complexity index is 246. The van der Waals surface area contributed by atoms with Gasteiger partial charge in [-0.1, -0.05) is 23.8 Å². The first kappa shape index (κ1) is 11.1. The van der Waals surface area contributed by atoms with Crippen molar-refractivity contribution in [3.05, 3.63) is 22.8 Å². The van der Waals surface area contributed by atoms with Gasteiger partial charge in [-0.3, -0.25) is 0 Å². The fourth-order valence-electron chi connectivity index (χ4n) is 1.18. The summed E-state index contributed by atoms with van der Waals surface area (Å²) in [6.45, 7) is 1.51. The summed E-state index contributed by atoms with van der Waals surface area (Å²) < 4.78 is 0. The monoisotopic (exact) mass is 222 g/mol. The second-order valence-electron chi connectivity index (χ2n) is 3.09. The summed E-state index contributed by atoms with van der Waals surface area (Å²) in [5.41, 5.74) is 0.517. The van der Waals surface area contributed by atoms with Gasteiger partial charge in [-0.25, -0.2) is 0 Å². The molecule has 1 rings (SSSR count). The molecule has 0 bridgehead atoms. The summed E-state index contributed by atoms with van der Waals surface area (Å²) in [6, 6.07) is 0. The van der Waals surface area contributed by atoms with Gasteiger partial charge in [0.1, 0.15) is 6.10 Å². The van der Waals surface area contributed by atoms with Crippen molar-refractivity contribution < 1.29 is 10.2 Å². The molecule has 3 unspecified atom stereocenters. The van der Waals surface area contributed by atoms with E-state index < -0.39 is 12.2 Å². The summed E-state index contributed by atoms with van der Waals surface area (Å²) in [6.07, 6.45) is 2.42. The molecular weight excluding hydrogens is 211 g/mol. The second-order valence-corrected chi connectivity index (χ2v) is 4.03. The molecule has 0 heterocycles. The molecule has 0 aromatic carbocycles. The third-order valence-corrected chi connectivity index (χ3v) is 2.96. The molecular formula is C9H12Cl2O2. The maximum atomic E-state index is 9.54. The predicted molar refractivity (Wildman–Crippen MR) is 54.0 cm³/mol. The molecule has 1 aliphatic rings. The van der Waals surface area contributed by atoms with Crippen molar-refractivity contribution in [3.63, 3.8) is 0 Å². The standard InChI is InChI=1S/C9H12Cl2O2/c1-5(12)9(13)6-3-2-4-7(10)8(6)11/h2-3,5,7,9,12-13H,4H2,1H3. The highest BCUT2D eigenvalue weighted by atomic mass is 35.5. The first-order valence-electron chi connectivity index (χ1n) is 4.10. The number of hydrogen-bond acceptors (Lipinski definition) is 2. The van der Waals surface area contributed by atoms with Gasteiger partial charge in [0.2, 0.25) is 0 Å². The molecule has 0 aliphatic heterocycles. The SMILES string of the molecule is CC(O)C(O)C1=C(Cl)C(Cl)CC=C1. The molecule has 4 heteroatoms. The van der Waals surface area contributed by atoms with Gasteiger partial charge in [0.05, 0.1) is 11.5 Å². The normalized spacial score (nSPS) is 27.6. The van der Waals surface area contributed by atoms with E-state index in [2.05, 4.69) is 0 Å². The predicted octanol–water partition coefficient (Wildman–Crippen LogP) is 1.79. The van der Waals surface area contributed by atoms with Crippen LogP contribution in [0.3, 0.4) is 0 Å². The van der Waals surface area contributed by atoms with Crippen molar-refractivity contribution >= 4 is 23.2 Å². The van der Waals surface area contributed by atoms with Gasteiger partial charge >= 0.3 is 0 Å². The van der Waals surface area contributed by atoms with Crippen LogP contribution in [-0.2, 0) is 0 Å². The van der Waals surface area contributed by atoms with Crippen molar-refractivity contribution in [2.75, 3.05) is 0 Å². The van der Waals surface area contributed by atoms with E-state index in [1.165, 1.54) is 6.92 Å². The average molecular weight is 223 g/mol. The third kappa shape index (κ3) is 2.47. The Kier molecular flexibility index (Phi) is 3.80. The molecule has 0 amide bonds. The molecule has 0 saturated carbocycles. The zero-order chi connectivity index (χ0) is 10.0. The van der Waals surface area contributed by atoms with Crippen LogP contribution in [0.15, 0.2) is 22.8 Å². The molecule has 2 nitrogen and oxygen atoms in total. The lowest BCUT2D eigenvalue weighted by Gasteiger charge is -2.21. The summed E-state index contributed by atoms with van der Waals surface area (Å²) in [7, 11) is 0. The van der Waals surface area contributed by atoms with Crippen molar-refractivity contribution in [2.45, 2.75) is 30.9 Å². The number of allylic oxidation sites excluding steroid dienone is 2. The molecule has 0 fully saturated rings. The number of halogens is 2. The lowest BCUT2D eigenvalue weighted by atomic mass is 9.99. The number of hydrogen-bond donors (Lipinski definition) is 2. The van der Waals surface area contributed by atoms with Gasteiger partial charge in [0.25, 0.3) is 0 Å². The fraction of sp³-hybridized carbons (Fsp3) is 0.556. The third-order valence-electron chi connectivity index (χ3n) is 1.97. The Labute approximate surface area is 87.5 Å². The summed E-state index contributed by atoms with van der Waals surface area (Å²) >= 11 is 11.8. The average Bonchev–Trinajstić information content (AvgIpc) is 2.08. The van der Waals surface area contributed by atoms with E-state index in [0.717, 1.165) is 0 Å². The quantitative estimate of drug-likeness (QED) is 0.700. The Hall–Kier alpha value is -0.0200. The molecule has 2 N–H and O–H groups in total. The highest BCUT2D eigenvalue weighted by molar-refractivity contribution is 6.38. The molecule has 74 valence electrons. The van der Waals surface area contributed by atoms with Crippen LogP contribution in [0, 0.1) is 0 Å². The van der Waals surface area contributed by atoms with Crippen LogP contribution in [0.5, 0.6) is 0 Å². The van der Waals surface area contributed by atoms with Crippen LogP contribution in [0.25, 0.3) is 0 Å². The van der Waals surface area contributed by atoms with Crippen LogP contribution in [-0.4, -0.2) is 27.8 Å². The minimum Gasteiger partial charge on any atom is -0.390 e. The number of alkyl halides is 1. The second kappa shape index (κ2) is 4.47. The Morgan fingerprint density at radius 2 is 2.15 bits per heavy atom. The van der Waals surface area contributed by atoms with E-state index >= 15 is 0 Å². The number of aliphatic hydroxyl groups is 2. The minimum atomic E-state index is -0.953. The summed E-state index contributed by atoms with van der Waals surface area (Å²) in [4.78, 5) is 0. The molecule has 0 saturated heterocycles. The number of aliphatic hydroxyl groups excluding tert-OH is 2. The van der Waals surface area contributed by atoms with Gasteiger partial charge < -0.3 is 10.2 Å². The Morgan fingerprint density at radius 1 is 1.54 bits per heavy atom. The highest BCUT2D eigenvalue weighted by Gasteiger charge is 2.23. The maximum Gasteiger partial charge on any atom is 0.106 e. The lowest BCUT2D eigenvalue weighted by Crippen LogP contribution is -2.26. The maximum absolute atomic E-state index is 9.54. The van der Waals surface area contributed by atoms with Crippen LogP contribution < -0.4 is 0 Å². The van der Waals surface area contributed by atoms with Gasteiger partial charge in [-0.2, -0.15) is 0 Å². The van der Waals surface area contributed by atoms with Crippen molar-refractivity contribution in [1.82, 2.24) is 0 Å². The van der Waals surface area contributed by atoms with E-state index in [1.54, 1.807) is 6.08 Å². The molecule has 0 spiro atoms. The largest absolute Gasteiger partial charge is 0.390 e. The fourth-order valence-corrected chi connectivity index (χ4v) is 1.67. The van der Waals surface area contributed by atoms with E-state index in [1.807, 2.05) is 6.08 Å². The van der Waals surface area contributed by atoms with E-state index in [0.29, 0.717) is 17.0 Å². The molecule has 13 heavy (non-hydrogen) atoms. The van der Waals surface area contributed by atoms with Crippen LogP contribution >= 0.6 is 23.2 Å². The molecule has 3 atom stereocenters. The van der Waals surface area contributed by atoms with E-state index in [-0.39, 0.29) is 5.38 Å². The van der Waals surface area contributed by atoms with E-state index in [4.69, 9.17) is 28.3 Å². The highest BCUT2D eigenvalue weighted by Crippen LogP contribution is 2.29. The number of rotatable bonds is 2. The first-order valence-corrected chi connectivity index (χ1v) is 4.91. The lowest BCUT2D eigenvalue weighted by molar-refractivity contribution is 0.0562. The first-order chi connectivity index (χ1) is 6.04. The van der Waals surface area contributed by atoms with Crippen LogP contribution in [0.1, 0.15) is 13.3 Å². The topological polar surface area (TPSA) is 40.5 Å². The summed E-state index contributed by atoms with van der Waals surface area (Å²) in [5.74, 6) is 0. The van der Waals surface area contributed by atoms with Gasteiger partial charge in [-0.15, -0.1) is 11.6 Å².